The van der Waals surface area contributed by atoms with E-state index in [1.807, 2.05) is 36.0 Å². The van der Waals surface area contributed by atoms with Crippen LogP contribution in [0.1, 0.15) is 11.4 Å². The summed E-state index contributed by atoms with van der Waals surface area (Å²) in [5.74, 6) is 3.15. The lowest BCUT2D eigenvalue weighted by Crippen LogP contribution is -2.16. The summed E-state index contributed by atoms with van der Waals surface area (Å²) >= 11 is 0. The molecule has 2 rings (SSSR count). The third-order valence-corrected chi connectivity index (χ3v) is 3.22. The van der Waals surface area contributed by atoms with Crippen molar-refractivity contribution in [1.82, 2.24) is 14.5 Å². The van der Waals surface area contributed by atoms with E-state index in [2.05, 4.69) is 41.1 Å². The van der Waals surface area contributed by atoms with Gasteiger partial charge in [0, 0.05) is 11.9 Å². The number of hydrogen-bond acceptors (Lipinski definition) is 2. The number of aromatic nitrogens is 3. The molecule has 0 N–H and O–H groups in total. The molecule has 2 aromatic heterocycles. The van der Waals surface area contributed by atoms with Crippen molar-refractivity contribution in [3.8, 4) is 17.2 Å². The Morgan fingerprint density at radius 1 is 1.17 bits per heavy atom. The van der Waals surface area contributed by atoms with Crippen LogP contribution in [0.5, 0.6) is 0 Å². The maximum Gasteiger partial charge on any atom is 0.130 e. The van der Waals surface area contributed by atoms with Crippen molar-refractivity contribution < 1.29 is 0 Å². The van der Waals surface area contributed by atoms with Gasteiger partial charge < -0.3 is 4.57 Å². The largest absolute Gasteiger partial charge is 0.303 e. The maximum absolute atomic E-state index is 4.30. The van der Waals surface area contributed by atoms with Gasteiger partial charge >= 0.3 is 0 Å². The maximum atomic E-state index is 4.30. The van der Waals surface area contributed by atoms with Gasteiger partial charge in [0.25, 0.3) is 0 Å². The van der Waals surface area contributed by atoms with Gasteiger partial charge in [0.15, 0.2) is 0 Å². The molecule has 0 saturated carbocycles. The second-order valence-electron chi connectivity index (χ2n) is 5.32. The molecule has 0 unspecified atom stereocenters. The van der Waals surface area contributed by atoms with Gasteiger partial charge in [-0.2, -0.15) is 0 Å². The summed E-state index contributed by atoms with van der Waals surface area (Å²) in [5, 5.41) is 0. The Morgan fingerprint density at radius 2 is 1.94 bits per heavy atom. The summed E-state index contributed by atoms with van der Waals surface area (Å²) in [4.78, 5) is 8.57. The van der Waals surface area contributed by atoms with Crippen LogP contribution in [0.15, 0.2) is 30.9 Å². The number of nitrogens with zero attached hydrogens (tertiary/aromatic N) is 3. The second-order valence-corrected chi connectivity index (χ2v) is 10.1. The number of aryl methyl sites for hydroxylation is 1. The highest BCUT2D eigenvalue weighted by molar-refractivity contribution is 6.83. The number of rotatable bonds is 1. The first kappa shape index (κ1) is 12.6. The van der Waals surface area contributed by atoms with Crippen LogP contribution in [-0.4, -0.2) is 22.6 Å². The van der Waals surface area contributed by atoms with E-state index in [0.717, 1.165) is 17.1 Å². The molecule has 0 fully saturated rings. The van der Waals surface area contributed by atoms with Gasteiger partial charge in [-0.05, 0) is 19.1 Å². The first-order valence-corrected chi connectivity index (χ1v) is 9.44. The van der Waals surface area contributed by atoms with Crippen molar-refractivity contribution in [1.29, 1.82) is 0 Å². The van der Waals surface area contributed by atoms with Crippen molar-refractivity contribution in [2.75, 3.05) is 0 Å². The fourth-order valence-corrected chi connectivity index (χ4v) is 1.90. The zero-order valence-electron chi connectivity index (χ0n) is 11.2. The minimum atomic E-state index is -1.34. The molecule has 0 radical (unpaired) electrons. The van der Waals surface area contributed by atoms with Crippen molar-refractivity contribution >= 4 is 8.07 Å². The Labute approximate surface area is 109 Å². The first-order chi connectivity index (χ1) is 8.44. The Hall–Kier alpha value is -1.86. The average molecular weight is 255 g/mol. The quantitative estimate of drug-likeness (QED) is 0.579. The summed E-state index contributed by atoms with van der Waals surface area (Å²) in [6.07, 6.45) is 5.56. The Morgan fingerprint density at radius 3 is 2.56 bits per heavy atom. The van der Waals surface area contributed by atoms with Crippen LogP contribution in [0.3, 0.4) is 0 Å². The van der Waals surface area contributed by atoms with Gasteiger partial charge in [-0.3, -0.25) is 4.98 Å². The summed E-state index contributed by atoms with van der Waals surface area (Å²) in [6.45, 7) is 8.64. The minimum absolute atomic E-state index is 0.818. The molecular formula is C14H17N3Si. The predicted octanol–water partition coefficient (Wildman–Crippen LogP) is 2.80. The van der Waals surface area contributed by atoms with Gasteiger partial charge in [-0.15, -0.1) is 5.54 Å². The molecule has 92 valence electrons. The SMILES string of the molecule is Cc1ccc(-n2cnc(C#C[Si](C)(C)C)c2)cn1. The predicted molar refractivity (Wildman–Crippen MR) is 76.3 cm³/mol. The number of hydrogen-bond donors (Lipinski definition) is 0. The highest BCUT2D eigenvalue weighted by atomic mass is 28.3. The van der Waals surface area contributed by atoms with Crippen molar-refractivity contribution in [2.24, 2.45) is 0 Å². The van der Waals surface area contributed by atoms with E-state index in [1.54, 1.807) is 6.33 Å². The molecule has 0 amide bonds. The molecule has 0 saturated heterocycles. The van der Waals surface area contributed by atoms with E-state index in [4.69, 9.17) is 0 Å². The average Bonchev–Trinajstić information content (AvgIpc) is 2.75. The van der Waals surface area contributed by atoms with Crippen LogP contribution in [0.4, 0.5) is 0 Å². The molecule has 0 atom stereocenters. The van der Waals surface area contributed by atoms with Gasteiger partial charge in [0.05, 0.1) is 11.9 Å². The molecule has 0 bridgehead atoms. The van der Waals surface area contributed by atoms with E-state index in [-0.39, 0.29) is 0 Å². The van der Waals surface area contributed by atoms with Crippen LogP contribution >= 0.6 is 0 Å². The summed E-state index contributed by atoms with van der Waals surface area (Å²) < 4.78 is 1.95. The normalized spacial score (nSPS) is 10.9. The molecule has 4 heteroatoms. The fraction of sp³-hybridized carbons (Fsp3) is 0.286. The molecule has 0 aromatic carbocycles. The summed E-state index contributed by atoms with van der Waals surface area (Å²) in [6, 6.07) is 4.02. The van der Waals surface area contributed by atoms with Gasteiger partial charge in [-0.1, -0.05) is 25.6 Å². The lowest BCUT2D eigenvalue weighted by molar-refractivity contribution is 1.03. The monoisotopic (exact) mass is 255 g/mol. The molecule has 18 heavy (non-hydrogen) atoms. The van der Waals surface area contributed by atoms with Crippen LogP contribution in [0, 0.1) is 18.4 Å². The lowest BCUT2D eigenvalue weighted by atomic mass is 10.3. The number of pyridine rings is 1. The Bertz CT molecular complexity index is 594. The lowest BCUT2D eigenvalue weighted by Gasteiger charge is -2.02. The third-order valence-electron chi connectivity index (χ3n) is 2.34. The number of imidazole rings is 1. The molecule has 0 spiro atoms. The van der Waals surface area contributed by atoms with Crippen molar-refractivity contribution in [3.05, 3.63) is 42.2 Å². The first-order valence-electron chi connectivity index (χ1n) is 5.94. The van der Waals surface area contributed by atoms with E-state index in [9.17, 15) is 0 Å². The van der Waals surface area contributed by atoms with Crippen LogP contribution in [0.2, 0.25) is 19.6 Å². The molecule has 0 aliphatic carbocycles. The van der Waals surface area contributed by atoms with E-state index >= 15 is 0 Å². The highest BCUT2D eigenvalue weighted by Crippen LogP contribution is 2.07. The van der Waals surface area contributed by atoms with Crippen molar-refractivity contribution in [3.63, 3.8) is 0 Å². The standard InChI is InChI=1S/C14H17N3Si/c1-12-5-6-14(9-15-12)17-10-13(16-11-17)7-8-18(2,3)4/h5-6,9-11H,1-4H3. The summed E-state index contributed by atoms with van der Waals surface area (Å²) in [7, 11) is -1.34. The van der Waals surface area contributed by atoms with Gasteiger partial charge in [-0.25, -0.2) is 4.98 Å². The smallest absolute Gasteiger partial charge is 0.130 e. The fourth-order valence-electron chi connectivity index (χ4n) is 1.39. The second kappa shape index (κ2) is 4.79. The van der Waals surface area contributed by atoms with Gasteiger partial charge in [0.2, 0.25) is 0 Å². The van der Waals surface area contributed by atoms with E-state index < -0.39 is 8.07 Å². The molecule has 2 aromatic rings. The molecule has 0 aliphatic heterocycles. The highest BCUT2D eigenvalue weighted by Gasteiger charge is 2.08. The zero-order chi connectivity index (χ0) is 13.2. The van der Waals surface area contributed by atoms with Crippen LogP contribution in [0.25, 0.3) is 5.69 Å². The molecule has 0 aliphatic rings. The summed E-state index contributed by atoms with van der Waals surface area (Å²) in [5.41, 5.74) is 6.15. The van der Waals surface area contributed by atoms with E-state index in [0.29, 0.717) is 0 Å². The van der Waals surface area contributed by atoms with Gasteiger partial charge in [0.1, 0.15) is 20.1 Å². The minimum Gasteiger partial charge on any atom is -0.303 e. The molecule has 2 heterocycles. The molecular weight excluding hydrogens is 238 g/mol. The zero-order valence-corrected chi connectivity index (χ0v) is 12.2. The Kier molecular flexibility index (Phi) is 3.35. The topological polar surface area (TPSA) is 30.7 Å². The Balaban J connectivity index is 2.25. The van der Waals surface area contributed by atoms with Crippen molar-refractivity contribution in [2.45, 2.75) is 26.6 Å². The third kappa shape index (κ3) is 3.31. The molecule has 3 nitrogen and oxygen atoms in total. The van der Waals surface area contributed by atoms with Crippen LogP contribution in [-0.2, 0) is 0 Å². The van der Waals surface area contributed by atoms with Crippen LogP contribution < -0.4 is 0 Å². The van der Waals surface area contributed by atoms with E-state index in [1.165, 1.54) is 0 Å².